The maximum Gasteiger partial charge on any atom is 0.0839 e. The van der Waals surface area contributed by atoms with E-state index in [-0.39, 0.29) is 0 Å². The minimum absolute atomic E-state index is 0.549. The third-order valence-corrected chi connectivity index (χ3v) is 4.14. The second-order valence-corrected chi connectivity index (χ2v) is 5.63. The van der Waals surface area contributed by atoms with Gasteiger partial charge in [-0.2, -0.15) is 0 Å². The van der Waals surface area contributed by atoms with Crippen LogP contribution in [0.15, 0.2) is 0 Å². The van der Waals surface area contributed by atoms with E-state index in [1.54, 1.807) is 0 Å². The summed E-state index contributed by atoms with van der Waals surface area (Å²) in [4.78, 5) is 0. The largest absolute Gasteiger partial charge is 0.370 e. The molecule has 0 aromatic carbocycles. The second kappa shape index (κ2) is 7.32. The van der Waals surface area contributed by atoms with Crippen molar-refractivity contribution < 1.29 is 4.74 Å². The maximum absolute atomic E-state index is 5.51. The Bertz CT molecular complexity index is 178. The molecule has 0 N–H and O–H groups in total. The highest BCUT2D eigenvalue weighted by Crippen LogP contribution is 2.32. The van der Waals surface area contributed by atoms with Crippen molar-refractivity contribution in [3.05, 3.63) is 0 Å². The Kier molecular flexibility index (Phi) is 6.41. The maximum atomic E-state index is 5.51. The lowest BCUT2D eigenvalue weighted by Gasteiger charge is -2.23. The number of rotatable bonds is 9. The molecule has 1 heteroatoms. The summed E-state index contributed by atoms with van der Waals surface area (Å²) in [5.41, 5.74) is 0. The quantitative estimate of drug-likeness (QED) is 0.515. The van der Waals surface area contributed by atoms with Crippen LogP contribution in [0.2, 0.25) is 0 Å². The summed E-state index contributed by atoms with van der Waals surface area (Å²) in [5.74, 6) is 1.85. The highest BCUT2D eigenvalue weighted by atomic mass is 16.6. The lowest BCUT2D eigenvalue weighted by atomic mass is 9.82. The predicted octanol–water partition coefficient (Wildman–Crippen LogP) is 4.80. The van der Waals surface area contributed by atoms with E-state index >= 15 is 0 Å². The molecule has 0 radical (unpaired) electrons. The van der Waals surface area contributed by atoms with Crippen LogP contribution in [-0.4, -0.2) is 12.2 Å². The lowest BCUT2D eigenvalue weighted by molar-refractivity contribution is 0.269. The molecule has 1 rings (SSSR count). The van der Waals surface area contributed by atoms with Crippen molar-refractivity contribution in [2.75, 3.05) is 0 Å². The molecule has 0 aromatic heterocycles. The fourth-order valence-corrected chi connectivity index (χ4v) is 2.78. The van der Waals surface area contributed by atoms with Crippen LogP contribution in [0, 0.1) is 11.8 Å². The zero-order valence-electron chi connectivity index (χ0n) is 11.7. The summed E-state index contributed by atoms with van der Waals surface area (Å²) in [6, 6.07) is 0. The Balaban J connectivity index is 2.24. The van der Waals surface area contributed by atoms with Crippen molar-refractivity contribution in [1.29, 1.82) is 0 Å². The van der Waals surface area contributed by atoms with Gasteiger partial charge >= 0.3 is 0 Å². The normalized spacial score (nSPS) is 27.8. The Labute approximate surface area is 102 Å². The Hall–Kier alpha value is -0.0400. The summed E-state index contributed by atoms with van der Waals surface area (Å²) in [5, 5.41) is 0. The Morgan fingerprint density at radius 1 is 1.06 bits per heavy atom. The lowest BCUT2D eigenvalue weighted by Crippen LogP contribution is -2.13. The summed E-state index contributed by atoms with van der Waals surface area (Å²) >= 11 is 0. The summed E-state index contributed by atoms with van der Waals surface area (Å²) in [6.45, 7) is 9.25. The van der Waals surface area contributed by atoms with E-state index < -0.39 is 0 Å². The van der Waals surface area contributed by atoms with Crippen LogP contribution in [-0.2, 0) is 4.74 Å². The van der Waals surface area contributed by atoms with E-state index in [0.29, 0.717) is 12.2 Å². The van der Waals surface area contributed by atoms with Gasteiger partial charge in [0.25, 0.3) is 0 Å². The number of epoxide rings is 1. The van der Waals surface area contributed by atoms with E-state index in [1.807, 2.05) is 0 Å². The zero-order valence-corrected chi connectivity index (χ0v) is 11.7. The third-order valence-electron chi connectivity index (χ3n) is 4.14. The van der Waals surface area contributed by atoms with E-state index in [2.05, 4.69) is 27.7 Å². The highest BCUT2D eigenvalue weighted by Gasteiger charge is 2.34. The van der Waals surface area contributed by atoms with Crippen LogP contribution in [0.1, 0.15) is 72.6 Å². The molecule has 1 aliphatic heterocycles. The van der Waals surface area contributed by atoms with Crippen LogP contribution < -0.4 is 0 Å². The van der Waals surface area contributed by atoms with Crippen molar-refractivity contribution in [2.45, 2.75) is 84.8 Å². The van der Waals surface area contributed by atoms with Crippen LogP contribution in [0.4, 0.5) is 0 Å². The van der Waals surface area contributed by atoms with Crippen molar-refractivity contribution >= 4 is 0 Å². The Morgan fingerprint density at radius 3 is 2.25 bits per heavy atom. The summed E-state index contributed by atoms with van der Waals surface area (Å²) in [6.07, 6.45) is 10.7. The van der Waals surface area contributed by atoms with Crippen LogP contribution in [0.5, 0.6) is 0 Å². The molecule has 16 heavy (non-hydrogen) atoms. The van der Waals surface area contributed by atoms with Crippen molar-refractivity contribution in [3.63, 3.8) is 0 Å². The Morgan fingerprint density at radius 2 is 1.75 bits per heavy atom. The standard InChI is InChI=1S/C15H30O/c1-5-7-9-14(12(3)8-6-2)10-11-15-13(4)16-15/h12-15H,5-11H2,1-4H3. The molecule has 4 atom stereocenters. The van der Waals surface area contributed by atoms with Gasteiger partial charge in [0.05, 0.1) is 12.2 Å². The molecule has 4 unspecified atom stereocenters. The van der Waals surface area contributed by atoms with Gasteiger partial charge in [-0.3, -0.25) is 0 Å². The van der Waals surface area contributed by atoms with Crippen molar-refractivity contribution in [1.82, 2.24) is 0 Å². The number of hydrogen-bond acceptors (Lipinski definition) is 1. The first-order valence-electron chi connectivity index (χ1n) is 7.34. The van der Waals surface area contributed by atoms with Gasteiger partial charge in [0, 0.05) is 0 Å². The molecule has 0 amide bonds. The first-order chi connectivity index (χ1) is 7.69. The molecule has 0 bridgehead atoms. The van der Waals surface area contributed by atoms with E-state index in [9.17, 15) is 0 Å². The molecular weight excluding hydrogens is 196 g/mol. The van der Waals surface area contributed by atoms with Gasteiger partial charge in [0.1, 0.15) is 0 Å². The van der Waals surface area contributed by atoms with Crippen molar-refractivity contribution in [2.24, 2.45) is 11.8 Å². The molecule has 1 fully saturated rings. The monoisotopic (exact) mass is 226 g/mol. The van der Waals surface area contributed by atoms with Gasteiger partial charge in [0.15, 0.2) is 0 Å². The molecular formula is C15H30O. The molecule has 1 aliphatic rings. The zero-order chi connectivity index (χ0) is 12.0. The number of ether oxygens (including phenoxy) is 1. The van der Waals surface area contributed by atoms with E-state index in [1.165, 1.54) is 44.9 Å². The molecule has 0 saturated carbocycles. The summed E-state index contributed by atoms with van der Waals surface area (Å²) < 4.78 is 5.51. The average Bonchev–Trinajstić information content (AvgIpc) is 2.95. The fraction of sp³-hybridized carbons (Fsp3) is 1.00. The van der Waals surface area contributed by atoms with Crippen LogP contribution in [0.3, 0.4) is 0 Å². The highest BCUT2D eigenvalue weighted by molar-refractivity contribution is 4.81. The minimum Gasteiger partial charge on any atom is -0.370 e. The summed E-state index contributed by atoms with van der Waals surface area (Å²) in [7, 11) is 0. The molecule has 1 saturated heterocycles. The molecule has 1 heterocycles. The first-order valence-corrected chi connectivity index (χ1v) is 7.34. The van der Waals surface area contributed by atoms with Gasteiger partial charge in [-0.25, -0.2) is 0 Å². The van der Waals surface area contributed by atoms with Gasteiger partial charge < -0.3 is 4.74 Å². The topological polar surface area (TPSA) is 12.5 Å². The van der Waals surface area contributed by atoms with Crippen LogP contribution in [0.25, 0.3) is 0 Å². The average molecular weight is 226 g/mol. The molecule has 96 valence electrons. The molecule has 0 aromatic rings. The number of hydrogen-bond donors (Lipinski definition) is 0. The first kappa shape index (κ1) is 14.0. The van der Waals surface area contributed by atoms with Gasteiger partial charge in [0.2, 0.25) is 0 Å². The van der Waals surface area contributed by atoms with Gasteiger partial charge in [-0.05, 0) is 31.6 Å². The number of unbranched alkanes of at least 4 members (excludes halogenated alkanes) is 1. The molecule has 0 aliphatic carbocycles. The smallest absolute Gasteiger partial charge is 0.0839 e. The SMILES string of the molecule is CCCCC(CCC1OC1C)C(C)CCC. The third kappa shape index (κ3) is 4.86. The predicted molar refractivity (Wildman–Crippen MR) is 70.7 cm³/mol. The van der Waals surface area contributed by atoms with E-state index in [4.69, 9.17) is 4.74 Å². The van der Waals surface area contributed by atoms with Gasteiger partial charge in [-0.15, -0.1) is 0 Å². The van der Waals surface area contributed by atoms with Crippen LogP contribution >= 0.6 is 0 Å². The minimum atomic E-state index is 0.549. The van der Waals surface area contributed by atoms with E-state index in [0.717, 1.165) is 11.8 Å². The fourth-order valence-electron chi connectivity index (χ4n) is 2.78. The van der Waals surface area contributed by atoms with Gasteiger partial charge in [-0.1, -0.05) is 52.9 Å². The van der Waals surface area contributed by atoms with Crippen molar-refractivity contribution in [3.8, 4) is 0 Å². The molecule has 1 nitrogen and oxygen atoms in total. The second-order valence-electron chi connectivity index (χ2n) is 5.63. The molecule has 0 spiro atoms.